The minimum Gasteiger partial charge on any atom is -0.320 e. The summed E-state index contributed by atoms with van der Waals surface area (Å²) in [5.41, 5.74) is 1.88. The van der Waals surface area contributed by atoms with Gasteiger partial charge in [0.05, 0.1) is 17.0 Å². The van der Waals surface area contributed by atoms with Crippen molar-refractivity contribution in [2.45, 2.75) is 45.1 Å². The van der Waals surface area contributed by atoms with Crippen LogP contribution in [0.25, 0.3) is 0 Å². The zero-order valence-electron chi connectivity index (χ0n) is 15.0. The van der Waals surface area contributed by atoms with Crippen molar-refractivity contribution in [1.29, 1.82) is 5.26 Å². The molecule has 0 aromatic carbocycles. The van der Waals surface area contributed by atoms with E-state index in [9.17, 15) is 10.1 Å². The SMILES string of the molecule is C[C@H]1CCc2c(sc(NC(=O)C[NH+]3CCC[C@@H]3c3cccs3)c2C#N)C1. The Kier molecular flexibility index (Phi) is 5.12. The fourth-order valence-electron chi connectivity index (χ4n) is 4.29. The fraction of sp³-hybridized carbons (Fsp3) is 0.500. The number of amides is 1. The summed E-state index contributed by atoms with van der Waals surface area (Å²) >= 11 is 3.40. The van der Waals surface area contributed by atoms with Crippen LogP contribution in [0.4, 0.5) is 5.00 Å². The molecular formula is C20H24N3OS2+. The standard InChI is InChI=1S/C20H23N3OS2/c1-13-6-7-14-15(11-21)20(26-18(14)10-13)22-19(24)12-23-8-2-4-16(23)17-5-3-9-25-17/h3,5,9,13,16H,2,4,6-8,10,12H2,1H3,(H,22,24)/p+1/t13-,16+/m0/s1. The van der Waals surface area contributed by atoms with Gasteiger partial charge >= 0.3 is 0 Å². The zero-order valence-corrected chi connectivity index (χ0v) is 16.6. The first kappa shape index (κ1) is 17.7. The molecule has 0 radical (unpaired) electrons. The van der Waals surface area contributed by atoms with Gasteiger partial charge in [0.15, 0.2) is 6.54 Å². The molecule has 1 aliphatic carbocycles. The molecule has 0 bridgehead atoms. The normalized spacial score (nSPS) is 24.8. The second-order valence-electron chi connectivity index (χ2n) is 7.51. The molecule has 2 aliphatic rings. The second-order valence-corrected chi connectivity index (χ2v) is 9.60. The molecule has 1 aliphatic heterocycles. The van der Waals surface area contributed by atoms with Gasteiger partial charge in [-0.25, -0.2) is 0 Å². The van der Waals surface area contributed by atoms with Crippen molar-refractivity contribution < 1.29 is 9.69 Å². The molecule has 1 unspecified atom stereocenters. The maximum Gasteiger partial charge on any atom is 0.280 e. The topological polar surface area (TPSA) is 57.3 Å². The third-order valence-electron chi connectivity index (χ3n) is 5.63. The number of carbonyl (C=O) groups excluding carboxylic acids is 1. The largest absolute Gasteiger partial charge is 0.320 e. The van der Waals surface area contributed by atoms with Crippen LogP contribution in [0.15, 0.2) is 17.5 Å². The summed E-state index contributed by atoms with van der Waals surface area (Å²) in [6.07, 6.45) is 5.44. The van der Waals surface area contributed by atoms with Crippen molar-refractivity contribution in [1.82, 2.24) is 0 Å². The van der Waals surface area contributed by atoms with Gasteiger partial charge in [0.2, 0.25) is 0 Å². The first-order chi connectivity index (χ1) is 12.7. The van der Waals surface area contributed by atoms with E-state index in [1.54, 1.807) is 22.7 Å². The molecule has 1 fully saturated rings. The van der Waals surface area contributed by atoms with E-state index in [2.05, 4.69) is 35.8 Å². The molecule has 1 saturated heterocycles. The molecule has 26 heavy (non-hydrogen) atoms. The number of anilines is 1. The van der Waals surface area contributed by atoms with Gasteiger partial charge in [-0.15, -0.1) is 22.7 Å². The minimum absolute atomic E-state index is 0.0339. The van der Waals surface area contributed by atoms with Crippen LogP contribution in [0.2, 0.25) is 0 Å². The summed E-state index contributed by atoms with van der Waals surface area (Å²) in [4.78, 5) is 16.7. The highest BCUT2D eigenvalue weighted by Crippen LogP contribution is 2.39. The van der Waals surface area contributed by atoms with Crippen molar-refractivity contribution >= 4 is 33.6 Å². The summed E-state index contributed by atoms with van der Waals surface area (Å²) < 4.78 is 0. The molecule has 0 saturated carbocycles. The van der Waals surface area contributed by atoms with Gasteiger partial charge in [-0.2, -0.15) is 5.26 Å². The van der Waals surface area contributed by atoms with Crippen molar-refractivity contribution in [3.05, 3.63) is 38.4 Å². The van der Waals surface area contributed by atoms with Crippen molar-refractivity contribution in [3.8, 4) is 6.07 Å². The lowest BCUT2D eigenvalue weighted by atomic mass is 9.89. The molecule has 3 heterocycles. The smallest absolute Gasteiger partial charge is 0.280 e. The number of carbonyl (C=O) groups is 1. The van der Waals surface area contributed by atoms with Crippen LogP contribution in [-0.4, -0.2) is 19.0 Å². The van der Waals surface area contributed by atoms with Crippen LogP contribution in [-0.2, 0) is 17.6 Å². The van der Waals surface area contributed by atoms with Crippen LogP contribution < -0.4 is 10.2 Å². The van der Waals surface area contributed by atoms with E-state index < -0.39 is 0 Å². The summed E-state index contributed by atoms with van der Waals surface area (Å²) in [5.74, 6) is 0.698. The summed E-state index contributed by atoms with van der Waals surface area (Å²) in [6, 6.07) is 7.05. The Balaban J connectivity index is 1.46. The molecule has 1 amide bonds. The van der Waals surface area contributed by atoms with Gasteiger partial charge in [-0.1, -0.05) is 13.0 Å². The Morgan fingerprint density at radius 1 is 1.46 bits per heavy atom. The van der Waals surface area contributed by atoms with Crippen molar-refractivity contribution in [2.75, 3.05) is 18.4 Å². The highest BCUT2D eigenvalue weighted by atomic mass is 32.1. The predicted octanol–water partition coefficient (Wildman–Crippen LogP) is 3.16. The molecule has 4 nitrogen and oxygen atoms in total. The number of fused-ring (bicyclic) bond motifs is 1. The predicted molar refractivity (Wildman–Crippen MR) is 106 cm³/mol. The maximum atomic E-state index is 12.7. The molecule has 0 spiro atoms. The third-order valence-corrected chi connectivity index (χ3v) is 7.79. The number of hydrogen-bond donors (Lipinski definition) is 2. The lowest BCUT2D eigenvalue weighted by molar-refractivity contribution is -0.910. The van der Waals surface area contributed by atoms with Crippen LogP contribution in [0.3, 0.4) is 0 Å². The van der Waals surface area contributed by atoms with Crippen LogP contribution in [0, 0.1) is 17.2 Å². The molecule has 136 valence electrons. The molecule has 2 N–H and O–H groups in total. The highest BCUT2D eigenvalue weighted by Gasteiger charge is 2.33. The van der Waals surface area contributed by atoms with Crippen molar-refractivity contribution in [3.63, 3.8) is 0 Å². The summed E-state index contributed by atoms with van der Waals surface area (Å²) in [7, 11) is 0. The minimum atomic E-state index is 0.0339. The molecule has 2 aromatic rings. The number of nitriles is 1. The molecule has 4 rings (SSSR count). The number of quaternary nitrogens is 1. The van der Waals surface area contributed by atoms with E-state index in [1.165, 1.54) is 26.6 Å². The number of rotatable bonds is 4. The average molecular weight is 387 g/mol. The van der Waals surface area contributed by atoms with E-state index in [0.717, 1.165) is 37.2 Å². The highest BCUT2D eigenvalue weighted by molar-refractivity contribution is 7.16. The second kappa shape index (κ2) is 7.51. The van der Waals surface area contributed by atoms with Crippen LogP contribution >= 0.6 is 22.7 Å². The monoisotopic (exact) mass is 386 g/mol. The average Bonchev–Trinajstić information content (AvgIpc) is 3.33. The Hall–Kier alpha value is -1.68. The van der Waals surface area contributed by atoms with Crippen LogP contribution in [0.5, 0.6) is 0 Å². The number of nitrogens with one attached hydrogen (secondary N) is 2. The van der Waals surface area contributed by atoms with E-state index in [4.69, 9.17) is 0 Å². The number of hydrogen-bond acceptors (Lipinski definition) is 4. The van der Waals surface area contributed by atoms with Gasteiger partial charge in [-0.05, 0) is 42.2 Å². The molecule has 6 heteroatoms. The van der Waals surface area contributed by atoms with E-state index in [1.807, 2.05) is 0 Å². The zero-order chi connectivity index (χ0) is 18.1. The number of likely N-dealkylation sites (tertiary alicyclic amines) is 1. The Bertz CT molecular complexity index is 834. The van der Waals surface area contributed by atoms with Gasteiger partial charge in [-0.3, -0.25) is 4.79 Å². The van der Waals surface area contributed by atoms with Gasteiger partial charge in [0.1, 0.15) is 17.1 Å². The van der Waals surface area contributed by atoms with Crippen molar-refractivity contribution in [2.24, 2.45) is 5.92 Å². The van der Waals surface area contributed by atoms with E-state index in [-0.39, 0.29) is 5.91 Å². The maximum absolute atomic E-state index is 12.7. The Morgan fingerprint density at radius 2 is 2.35 bits per heavy atom. The van der Waals surface area contributed by atoms with E-state index in [0.29, 0.717) is 24.1 Å². The number of thiophene rings is 2. The number of nitrogens with zero attached hydrogens (tertiary/aromatic N) is 1. The lowest BCUT2D eigenvalue weighted by Gasteiger charge is -2.19. The van der Waals surface area contributed by atoms with Gasteiger partial charge in [0.25, 0.3) is 5.91 Å². The molecule has 2 aromatic heterocycles. The quantitative estimate of drug-likeness (QED) is 0.848. The Labute approximate surface area is 162 Å². The molecular weight excluding hydrogens is 362 g/mol. The summed E-state index contributed by atoms with van der Waals surface area (Å²) in [6.45, 7) is 3.78. The van der Waals surface area contributed by atoms with Gasteiger partial charge in [0, 0.05) is 17.7 Å². The van der Waals surface area contributed by atoms with Gasteiger partial charge < -0.3 is 10.2 Å². The fourth-order valence-corrected chi connectivity index (χ4v) is 6.59. The first-order valence-corrected chi connectivity index (χ1v) is 11.1. The Morgan fingerprint density at radius 3 is 3.12 bits per heavy atom. The third kappa shape index (κ3) is 3.44. The summed E-state index contributed by atoms with van der Waals surface area (Å²) in [5, 5.41) is 15.5. The van der Waals surface area contributed by atoms with E-state index >= 15 is 0 Å². The van der Waals surface area contributed by atoms with Crippen LogP contribution in [0.1, 0.15) is 53.1 Å². The molecule has 3 atom stereocenters. The lowest BCUT2D eigenvalue weighted by Crippen LogP contribution is -3.11. The first-order valence-electron chi connectivity index (χ1n) is 9.38.